The molecule has 2 aliphatic rings. The van der Waals surface area contributed by atoms with Gasteiger partial charge in [-0.3, -0.25) is 4.79 Å². The fourth-order valence-electron chi connectivity index (χ4n) is 3.76. The van der Waals surface area contributed by atoms with Crippen LogP contribution in [-0.2, 0) is 22.6 Å². The summed E-state index contributed by atoms with van der Waals surface area (Å²) >= 11 is 1.68. The molecule has 1 aromatic carbocycles. The predicted octanol–water partition coefficient (Wildman–Crippen LogP) is 3.22. The first-order valence-corrected chi connectivity index (χ1v) is 11.2. The number of carbonyl (C=O) groups excluding carboxylic acids is 1. The van der Waals surface area contributed by atoms with Crippen LogP contribution in [0.3, 0.4) is 0 Å². The summed E-state index contributed by atoms with van der Waals surface area (Å²) in [5, 5.41) is 9.52. The molecule has 1 saturated carbocycles. The van der Waals surface area contributed by atoms with Crippen molar-refractivity contribution in [3.63, 3.8) is 0 Å². The minimum atomic E-state index is 0.194. The molecular weight excluding hydrogens is 386 g/mol. The van der Waals surface area contributed by atoms with Crippen LogP contribution in [0.4, 0.5) is 0 Å². The molecule has 1 amide bonds. The zero-order chi connectivity index (χ0) is 19.6. The number of rotatable bonds is 8. The summed E-state index contributed by atoms with van der Waals surface area (Å²) in [5.41, 5.74) is 1.88. The summed E-state index contributed by atoms with van der Waals surface area (Å²) in [6.07, 6.45) is 6.66. The number of aromatic nitrogens is 4. The Bertz CT molecular complexity index is 963. The number of benzene rings is 1. The molecule has 0 N–H and O–H groups in total. The first kappa shape index (κ1) is 18.7. The quantitative estimate of drug-likeness (QED) is 0.569. The topological polar surface area (TPSA) is 73.1 Å². The van der Waals surface area contributed by atoms with Gasteiger partial charge in [0, 0.05) is 32.5 Å². The molecule has 1 aliphatic heterocycles. The fourth-order valence-corrected chi connectivity index (χ4v) is 4.72. The van der Waals surface area contributed by atoms with Gasteiger partial charge in [-0.15, -0.1) is 16.4 Å². The van der Waals surface area contributed by atoms with Gasteiger partial charge in [-0.05, 0) is 37.3 Å². The molecule has 8 heteroatoms. The van der Waals surface area contributed by atoms with Crippen molar-refractivity contribution in [1.29, 1.82) is 0 Å². The van der Waals surface area contributed by atoms with Crippen LogP contribution < -0.4 is 0 Å². The van der Waals surface area contributed by atoms with E-state index in [0.29, 0.717) is 26.0 Å². The van der Waals surface area contributed by atoms with E-state index in [1.165, 1.54) is 17.5 Å². The number of thiazole rings is 1. The van der Waals surface area contributed by atoms with Gasteiger partial charge in [0.2, 0.25) is 5.91 Å². The van der Waals surface area contributed by atoms with Crippen LogP contribution in [0.2, 0.25) is 0 Å². The van der Waals surface area contributed by atoms with E-state index in [1.54, 1.807) is 11.3 Å². The second kappa shape index (κ2) is 8.20. The molecular formula is C21H25N5O2S. The van der Waals surface area contributed by atoms with Crippen LogP contribution in [-0.4, -0.2) is 50.5 Å². The fraction of sp³-hybridized carbons (Fsp3) is 0.524. The molecule has 1 saturated heterocycles. The molecule has 29 heavy (non-hydrogen) atoms. The third-order valence-corrected chi connectivity index (χ3v) is 6.74. The lowest BCUT2D eigenvalue weighted by molar-refractivity contribution is -0.130. The Hall–Kier alpha value is -2.32. The van der Waals surface area contributed by atoms with E-state index in [2.05, 4.69) is 21.4 Å². The Morgan fingerprint density at radius 3 is 3.00 bits per heavy atom. The number of hydrogen-bond donors (Lipinski definition) is 0. The number of amides is 1. The normalized spacial score (nSPS) is 19.3. The average Bonchev–Trinajstić information content (AvgIpc) is 3.15. The molecule has 3 heterocycles. The molecule has 0 spiro atoms. The van der Waals surface area contributed by atoms with Gasteiger partial charge < -0.3 is 9.64 Å². The third kappa shape index (κ3) is 4.48. The summed E-state index contributed by atoms with van der Waals surface area (Å²) in [7, 11) is 0. The van der Waals surface area contributed by atoms with E-state index in [1.807, 2.05) is 34.0 Å². The van der Waals surface area contributed by atoms with E-state index in [4.69, 9.17) is 4.74 Å². The minimum absolute atomic E-state index is 0.194. The largest absolute Gasteiger partial charge is 0.375 e. The zero-order valence-corrected chi connectivity index (χ0v) is 17.2. The second-order valence-electron chi connectivity index (χ2n) is 8.01. The van der Waals surface area contributed by atoms with Gasteiger partial charge in [-0.25, -0.2) is 9.67 Å². The van der Waals surface area contributed by atoms with E-state index >= 15 is 0 Å². The second-order valence-corrected chi connectivity index (χ2v) is 9.12. The smallest absolute Gasteiger partial charge is 0.223 e. The third-order valence-electron chi connectivity index (χ3n) is 5.64. The van der Waals surface area contributed by atoms with Gasteiger partial charge in [0.1, 0.15) is 5.69 Å². The van der Waals surface area contributed by atoms with Crippen molar-refractivity contribution in [1.82, 2.24) is 24.9 Å². The Labute approximate surface area is 173 Å². The SMILES string of the molecule is O=C(CCc1nc2ccccc2s1)N1CCC(n2cc(COCC3CC3)nn2)C1. The predicted molar refractivity (Wildman–Crippen MR) is 111 cm³/mol. The van der Waals surface area contributed by atoms with Gasteiger partial charge in [-0.1, -0.05) is 17.3 Å². The van der Waals surface area contributed by atoms with Crippen molar-refractivity contribution < 1.29 is 9.53 Å². The number of para-hydroxylation sites is 1. The van der Waals surface area contributed by atoms with Crippen LogP contribution >= 0.6 is 11.3 Å². The summed E-state index contributed by atoms with van der Waals surface area (Å²) in [6.45, 7) is 2.82. The lowest BCUT2D eigenvalue weighted by atomic mass is 10.2. The summed E-state index contributed by atoms with van der Waals surface area (Å²) in [4.78, 5) is 19.2. The monoisotopic (exact) mass is 411 g/mol. The number of ether oxygens (including phenoxy) is 1. The van der Waals surface area contributed by atoms with Crippen molar-refractivity contribution in [2.45, 2.75) is 44.8 Å². The number of hydrogen-bond acceptors (Lipinski definition) is 6. The lowest BCUT2D eigenvalue weighted by Crippen LogP contribution is -2.29. The van der Waals surface area contributed by atoms with E-state index in [-0.39, 0.29) is 11.9 Å². The molecule has 7 nitrogen and oxygen atoms in total. The average molecular weight is 412 g/mol. The van der Waals surface area contributed by atoms with Crippen LogP contribution in [0.5, 0.6) is 0 Å². The molecule has 2 aromatic heterocycles. The van der Waals surface area contributed by atoms with E-state index in [0.717, 1.165) is 41.7 Å². The molecule has 1 unspecified atom stereocenters. The molecule has 5 rings (SSSR count). The standard InChI is InChI=1S/C21H25N5O2S/c27-21(8-7-20-22-18-3-1-2-4-19(18)29-20)25-10-9-17(12-25)26-11-16(23-24-26)14-28-13-15-5-6-15/h1-4,11,15,17H,5-10,12-14H2. The minimum Gasteiger partial charge on any atom is -0.375 e. The van der Waals surface area contributed by atoms with Crippen molar-refractivity contribution >= 4 is 27.5 Å². The zero-order valence-electron chi connectivity index (χ0n) is 16.4. The van der Waals surface area contributed by atoms with Gasteiger partial charge in [0.15, 0.2) is 0 Å². The molecule has 2 fully saturated rings. The molecule has 1 atom stereocenters. The van der Waals surface area contributed by atoms with E-state index in [9.17, 15) is 4.79 Å². The Morgan fingerprint density at radius 2 is 2.14 bits per heavy atom. The molecule has 1 aliphatic carbocycles. The Morgan fingerprint density at radius 1 is 1.24 bits per heavy atom. The summed E-state index contributed by atoms with van der Waals surface area (Å²) in [5.74, 6) is 0.946. The van der Waals surface area contributed by atoms with Gasteiger partial charge in [0.25, 0.3) is 0 Å². The highest BCUT2D eigenvalue weighted by molar-refractivity contribution is 7.18. The molecule has 0 bridgehead atoms. The summed E-state index contributed by atoms with van der Waals surface area (Å²) < 4.78 is 8.77. The summed E-state index contributed by atoms with van der Waals surface area (Å²) in [6, 6.07) is 8.31. The first-order chi connectivity index (χ1) is 14.2. The number of likely N-dealkylation sites (tertiary alicyclic amines) is 1. The highest BCUT2D eigenvalue weighted by Gasteiger charge is 2.28. The number of aryl methyl sites for hydroxylation is 1. The Kier molecular flexibility index (Phi) is 5.28. The number of nitrogens with zero attached hydrogens (tertiary/aromatic N) is 5. The first-order valence-electron chi connectivity index (χ1n) is 10.4. The molecule has 3 aromatic rings. The van der Waals surface area contributed by atoms with Crippen LogP contribution in [0.25, 0.3) is 10.2 Å². The maximum Gasteiger partial charge on any atom is 0.223 e. The maximum absolute atomic E-state index is 12.7. The molecule has 0 radical (unpaired) electrons. The highest BCUT2D eigenvalue weighted by atomic mass is 32.1. The highest BCUT2D eigenvalue weighted by Crippen LogP contribution is 2.29. The van der Waals surface area contributed by atoms with Crippen molar-refractivity contribution in [2.75, 3.05) is 19.7 Å². The number of fused-ring (bicyclic) bond motifs is 1. The number of carbonyl (C=O) groups is 1. The molecule has 152 valence electrons. The van der Waals surface area contributed by atoms with Crippen molar-refractivity contribution in [3.05, 3.63) is 41.2 Å². The van der Waals surface area contributed by atoms with Crippen LogP contribution in [0, 0.1) is 5.92 Å². The maximum atomic E-state index is 12.7. The van der Waals surface area contributed by atoms with E-state index < -0.39 is 0 Å². The van der Waals surface area contributed by atoms with Crippen LogP contribution in [0.1, 0.15) is 42.4 Å². The lowest BCUT2D eigenvalue weighted by Gasteiger charge is -2.16. The van der Waals surface area contributed by atoms with Crippen molar-refractivity contribution in [2.24, 2.45) is 5.92 Å². The van der Waals surface area contributed by atoms with Gasteiger partial charge in [0.05, 0.1) is 34.1 Å². The Balaban J connectivity index is 1.11. The van der Waals surface area contributed by atoms with Gasteiger partial charge >= 0.3 is 0 Å². The van der Waals surface area contributed by atoms with Crippen LogP contribution in [0.15, 0.2) is 30.5 Å². The van der Waals surface area contributed by atoms with Gasteiger partial charge in [-0.2, -0.15) is 0 Å². The van der Waals surface area contributed by atoms with Crippen molar-refractivity contribution in [3.8, 4) is 0 Å².